The first kappa shape index (κ1) is 40.8. The van der Waals surface area contributed by atoms with Crippen molar-refractivity contribution in [3.8, 4) is 11.1 Å². The maximum absolute atomic E-state index is 13.6. The number of sulfonamides is 1. The topological polar surface area (TPSA) is 141 Å². The van der Waals surface area contributed by atoms with Crippen LogP contribution in [0, 0.1) is 12.1 Å². The number of thioether (sulfide) groups is 1. The molecule has 2 heterocycles. The zero-order valence-electron chi connectivity index (χ0n) is 31.9. The number of aliphatic hydroxyl groups excluding tert-OH is 1. The standard InChI is InChI=1S/C46H45N3O7S2/c1-32-13-23-41(24-14-32)58(53,54)48-42(27-33-8-3-2-4-9-33)45(51)47-29-35-10-7-11-39(26-35)36-19-21-38(22-20-36)46-55-40(31-57-44-12-5-6-25-49(44)52)28-43(56-46)37-17-15-34(30-50)16-18-37/h2-26,40,42-43,46,48,50H,27-31H2,1H3,(H,47,51)/t40-,42+,43+,46+/m0/s1. The Kier molecular flexibility index (Phi) is 13.3. The average Bonchev–Trinajstić information content (AvgIpc) is 3.25. The highest BCUT2D eigenvalue weighted by Crippen LogP contribution is 2.39. The molecule has 58 heavy (non-hydrogen) atoms. The van der Waals surface area contributed by atoms with Crippen molar-refractivity contribution in [1.82, 2.24) is 10.0 Å². The molecule has 1 fully saturated rings. The van der Waals surface area contributed by atoms with E-state index in [1.807, 2.05) is 116 Å². The van der Waals surface area contributed by atoms with Gasteiger partial charge in [0.25, 0.3) is 5.03 Å². The minimum atomic E-state index is -3.97. The lowest BCUT2D eigenvalue weighted by atomic mass is 9.99. The molecule has 3 N–H and O–H groups in total. The molecule has 0 bridgehead atoms. The van der Waals surface area contributed by atoms with Gasteiger partial charge in [0.05, 0.1) is 23.7 Å². The van der Waals surface area contributed by atoms with Gasteiger partial charge in [-0.05, 0) is 71.0 Å². The molecule has 7 rings (SSSR count). The van der Waals surface area contributed by atoms with Gasteiger partial charge in [-0.15, -0.1) is 0 Å². The van der Waals surface area contributed by atoms with E-state index in [1.165, 1.54) is 30.1 Å². The summed E-state index contributed by atoms with van der Waals surface area (Å²) in [5.41, 5.74) is 7.14. The molecule has 4 atom stereocenters. The molecule has 0 spiro atoms. The van der Waals surface area contributed by atoms with Crippen LogP contribution in [0.25, 0.3) is 11.1 Å². The SMILES string of the molecule is Cc1ccc(S(=O)(=O)N[C@H](Cc2ccccc2)C(=O)NCc2cccc(-c3ccc([C@@H]4O[C@H](CSc5cccc[n+]5[O-])C[C@H](c5ccc(CO)cc5)O4)cc3)c2)cc1. The number of pyridine rings is 1. The number of benzene rings is 5. The number of aromatic nitrogens is 1. The predicted octanol–water partition coefficient (Wildman–Crippen LogP) is 7.33. The monoisotopic (exact) mass is 815 g/mol. The van der Waals surface area contributed by atoms with Gasteiger partial charge in [0.2, 0.25) is 15.9 Å². The van der Waals surface area contributed by atoms with Gasteiger partial charge in [-0.25, -0.2) is 8.42 Å². The lowest BCUT2D eigenvalue weighted by Crippen LogP contribution is -2.47. The van der Waals surface area contributed by atoms with Crippen LogP contribution < -0.4 is 14.8 Å². The van der Waals surface area contributed by atoms with E-state index in [1.54, 1.807) is 24.3 Å². The van der Waals surface area contributed by atoms with Crippen molar-refractivity contribution in [3.63, 3.8) is 0 Å². The van der Waals surface area contributed by atoms with E-state index >= 15 is 0 Å². The van der Waals surface area contributed by atoms with Gasteiger partial charge in [-0.3, -0.25) is 4.79 Å². The maximum Gasteiger partial charge on any atom is 0.251 e. The number of aryl methyl sites for hydroxylation is 1. The molecule has 6 aromatic rings. The van der Waals surface area contributed by atoms with Crippen LogP contribution in [-0.4, -0.2) is 37.3 Å². The molecule has 0 aliphatic carbocycles. The number of amides is 1. The average molecular weight is 816 g/mol. The van der Waals surface area contributed by atoms with Gasteiger partial charge < -0.3 is 25.1 Å². The summed E-state index contributed by atoms with van der Waals surface area (Å²) < 4.78 is 43.2. The molecular weight excluding hydrogens is 771 g/mol. The summed E-state index contributed by atoms with van der Waals surface area (Å²) >= 11 is 1.44. The number of hydrogen-bond donors (Lipinski definition) is 3. The summed E-state index contributed by atoms with van der Waals surface area (Å²) in [6.07, 6.45) is 1.15. The first-order chi connectivity index (χ1) is 28.1. The maximum atomic E-state index is 13.6. The third-order valence-corrected chi connectivity index (χ3v) is 12.6. The molecule has 1 aromatic heterocycles. The first-order valence-electron chi connectivity index (χ1n) is 19.0. The summed E-state index contributed by atoms with van der Waals surface area (Å²) in [6, 6.07) is 43.7. The zero-order valence-corrected chi connectivity index (χ0v) is 33.6. The molecular formula is C46H45N3O7S2. The summed E-state index contributed by atoms with van der Waals surface area (Å²) in [5.74, 6) is 0.127. The van der Waals surface area contributed by atoms with Gasteiger partial charge in [-0.2, -0.15) is 9.45 Å². The molecule has 298 valence electrons. The molecule has 5 aromatic carbocycles. The fourth-order valence-corrected chi connectivity index (χ4v) is 8.87. The molecule has 0 radical (unpaired) electrons. The van der Waals surface area contributed by atoms with Crippen molar-refractivity contribution in [2.75, 3.05) is 5.75 Å². The van der Waals surface area contributed by atoms with Crippen molar-refractivity contribution in [2.24, 2.45) is 0 Å². The van der Waals surface area contributed by atoms with Crippen molar-refractivity contribution in [2.45, 2.75) is 67.4 Å². The van der Waals surface area contributed by atoms with Gasteiger partial charge in [0.15, 0.2) is 12.5 Å². The fraction of sp³-hybridized carbons (Fsp3) is 0.217. The lowest BCUT2D eigenvalue weighted by molar-refractivity contribution is -0.645. The molecule has 0 saturated carbocycles. The van der Waals surface area contributed by atoms with E-state index in [-0.39, 0.29) is 36.7 Å². The predicted molar refractivity (Wildman–Crippen MR) is 224 cm³/mol. The molecule has 1 aliphatic heterocycles. The Morgan fingerprint density at radius 3 is 2.24 bits per heavy atom. The summed E-state index contributed by atoms with van der Waals surface area (Å²) in [6.45, 7) is 2.04. The smallest absolute Gasteiger partial charge is 0.251 e. The van der Waals surface area contributed by atoms with Crippen LogP contribution in [0.3, 0.4) is 0 Å². The van der Waals surface area contributed by atoms with Gasteiger partial charge in [0.1, 0.15) is 6.04 Å². The Bertz CT molecular complexity index is 2400. The molecule has 0 unspecified atom stereocenters. The molecule has 12 heteroatoms. The number of hydrogen-bond acceptors (Lipinski definition) is 8. The molecule has 1 saturated heterocycles. The van der Waals surface area contributed by atoms with Gasteiger partial charge >= 0.3 is 0 Å². The van der Waals surface area contributed by atoms with Crippen molar-refractivity contribution in [3.05, 3.63) is 190 Å². The third-order valence-electron chi connectivity index (χ3n) is 9.96. The van der Waals surface area contributed by atoms with Crippen molar-refractivity contribution >= 4 is 27.7 Å². The van der Waals surface area contributed by atoms with E-state index in [0.29, 0.717) is 17.2 Å². The Morgan fingerprint density at radius 1 is 0.810 bits per heavy atom. The normalized spacial score (nSPS) is 17.4. The van der Waals surface area contributed by atoms with Crippen LogP contribution in [0.5, 0.6) is 0 Å². The number of nitrogens with zero attached hydrogens (tertiary/aromatic N) is 1. The number of aliphatic hydroxyl groups is 1. The Hall–Kier alpha value is -5.34. The molecule has 1 aliphatic rings. The number of nitrogens with one attached hydrogen (secondary N) is 2. The van der Waals surface area contributed by atoms with E-state index in [0.717, 1.165) is 49.2 Å². The number of carbonyl (C=O) groups excluding carboxylic acids is 1. The highest BCUT2D eigenvalue weighted by Gasteiger charge is 2.33. The minimum absolute atomic E-state index is 0.0406. The number of ether oxygens (including phenoxy) is 2. The van der Waals surface area contributed by atoms with E-state index in [9.17, 15) is 23.5 Å². The number of carbonyl (C=O) groups is 1. The van der Waals surface area contributed by atoms with E-state index < -0.39 is 28.3 Å². The Balaban J connectivity index is 1.04. The van der Waals surface area contributed by atoms with Crippen LogP contribution in [-0.2, 0) is 43.9 Å². The lowest BCUT2D eigenvalue weighted by Gasteiger charge is -2.36. The van der Waals surface area contributed by atoms with Crippen LogP contribution in [0.15, 0.2) is 162 Å². The second-order valence-corrected chi connectivity index (χ2v) is 17.0. The highest BCUT2D eigenvalue weighted by atomic mass is 32.2. The quantitative estimate of drug-likeness (QED) is 0.0557. The number of rotatable bonds is 15. The largest absolute Gasteiger partial charge is 0.618 e. The summed E-state index contributed by atoms with van der Waals surface area (Å²) in [4.78, 5) is 13.7. The van der Waals surface area contributed by atoms with Gasteiger partial charge in [-0.1, -0.05) is 127 Å². The second-order valence-electron chi connectivity index (χ2n) is 14.2. The van der Waals surface area contributed by atoms with Crippen molar-refractivity contribution < 1.29 is 32.5 Å². The second kappa shape index (κ2) is 18.9. The van der Waals surface area contributed by atoms with E-state index in [4.69, 9.17) is 9.47 Å². The van der Waals surface area contributed by atoms with Gasteiger partial charge in [0, 0.05) is 36.4 Å². The zero-order chi connectivity index (χ0) is 40.5. The third kappa shape index (κ3) is 10.6. The Labute approximate surface area is 343 Å². The van der Waals surface area contributed by atoms with Crippen molar-refractivity contribution in [1.29, 1.82) is 0 Å². The summed E-state index contributed by atoms with van der Waals surface area (Å²) in [5, 5.41) is 25.4. The molecule has 1 amide bonds. The first-order valence-corrected chi connectivity index (χ1v) is 21.5. The molecule has 10 nitrogen and oxygen atoms in total. The van der Waals surface area contributed by atoms with Crippen LogP contribution in [0.4, 0.5) is 0 Å². The fourth-order valence-electron chi connectivity index (χ4n) is 6.74. The Morgan fingerprint density at radius 2 is 1.52 bits per heavy atom. The minimum Gasteiger partial charge on any atom is -0.618 e. The van der Waals surface area contributed by atoms with E-state index in [2.05, 4.69) is 10.0 Å². The van der Waals surface area contributed by atoms with Crippen LogP contribution >= 0.6 is 11.8 Å². The highest BCUT2D eigenvalue weighted by molar-refractivity contribution is 7.99. The summed E-state index contributed by atoms with van der Waals surface area (Å²) in [7, 11) is -3.97. The van der Waals surface area contributed by atoms with Crippen LogP contribution in [0.1, 0.15) is 52.2 Å². The van der Waals surface area contributed by atoms with Crippen LogP contribution in [0.2, 0.25) is 0 Å².